The Morgan fingerprint density at radius 2 is 1.77 bits per heavy atom. The zero-order valence-corrected chi connectivity index (χ0v) is 14.2. The first-order valence-electron chi connectivity index (χ1n) is 7.20. The van der Waals surface area contributed by atoms with E-state index in [0.29, 0.717) is 5.75 Å². The molecule has 0 bridgehead atoms. The molecule has 0 aliphatic carbocycles. The van der Waals surface area contributed by atoms with Crippen molar-refractivity contribution in [3.63, 3.8) is 0 Å². The Hall–Kier alpha value is -1.42. The predicted octanol–water partition coefficient (Wildman–Crippen LogP) is 4.89. The molecular formula is C18H18ClNOS. The van der Waals surface area contributed by atoms with Crippen LogP contribution in [0.5, 0.6) is 5.75 Å². The molecule has 114 valence electrons. The van der Waals surface area contributed by atoms with Crippen molar-refractivity contribution in [3.05, 3.63) is 58.6 Å². The molecule has 2 aromatic rings. The third-order valence-corrected chi connectivity index (χ3v) is 5.02. The monoisotopic (exact) mass is 331 g/mol. The fourth-order valence-electron chi connectivity index (χ4n) is 2.57. The van der Waals surface area contributed by atoms with Gasteiger partial charge in [-0.3, -0.25) is 0 Å². The van der Waals surface area contributed by atoms with Crippen molar-refractivity contribution >= 4 is 28.9 Å². The summed E-state index contributed by atoms with van der Waals surface area (Å²) in [7, 11) is 4.14. The molecule has 4 heteroatoms. The largest absolute Gasteiger partial charge is 0.508 e. The normalized spacial score (nSPS) is 15.0. The second-order valence-electron chi connectivity index (χ2n) is 5.63. The molecule has 1 heterocycles. The first kappa shape index (κ1) is 15.5. The predicted molar refractivity (Wildman–Crippen MR) is 93.9 cm³/mol. The van der Waals surface area contributed by atoms with Crippen LogP contribution in [0.3, 0.4) is 0 Å². The lowest BCUT2D eigenvalue weighted by atomic mass is 9.96. The Labute approximate surface area is 140 Å². The number of hydrogen-bond acceptors (Lipinski definition) is 3. The summed E-state index contributed by atoms with van der Waals surface area (Å²) in [6, 6.07) is 11.6. The number of fused-ring (bicyclic) bond motifs is 2. The van der Waals surface area contributed by atoms with E-state index < -0.39 is 0 Å². The van der Waals surface area contributed by atoms with Gasteiger partial charge in [0.2, 0.25) is 0 Å². The van der Waals surface area contributed by atoms with Gasteiger partial charge in [-0.25, -0.2) is 0 Å². The molecule has 2 aromatic carbocycles. The van der Waals surface area contributed by atoms with Gasteiger partial charge in [-0.2, -0.15) is 0 Å². The molecule has 0 unspecified atom stereocenters. The molecule has 1 aliphatic rings. The van der Waals surface area contributed by atoms with Crippen molar-refractivity contribution in [2.24, 2.45) is 0 Å². The van der Waals surface area contributed by atoms with Gasteiger partial charge >= 0.3 is 0 Å². The van der Waals surface area contributed by atoms with Crippen molar-refractivity contribution in [1.29, 1.82) is 0 Å². The molecule has 0 amide bonds. The number of nitrogens with zero attached hydrogens (tertiary/aromatic N) is 1. The molecule has 3 rings (SSSR count). The number of phenolic OH excluding ortho intramolecular Hbond substituents is 1. The molecule has 0 fully saturated rings. The number of aromatic hydroxyl groups is 1. The number of hydrogen-bond donors (Lipinski definition) is 1. The van der Waals surface area contributed by atoms with E-state index in [1.807, 2.05) is 24.3 Å². The van der Waals surface area contributed by atoms with Gasteiger partial charge in [0.05, 0.1) is 0 Å². The topological polar surface area (TPSA) is 23.5 Å². The Morgan fingerprint density at radius 1 is 1.09 bits per heavy atom. The molecule has 0 saturated carbocycles. The number of rotatable bonds is 3. The van der Waals surface area contributed by atoms with Crippen molar-refractivity contribution in [1.82, 2.24) is 4.90 Å². The van der Waals surface area contributed by atoms with Crippen molar-refractivity contribution in [2.75, 3.05) is 20.6 Å². The van der Waals surface area contributed by atoms with Gasteiger partial charge in [0.15, 0.2) is 0 Å². The summed E-state index contributed by atoms with van der Waals surface area (Å²) >= 11 is 7.91. The Kier molecular flexibility index (Phi) is 4.48. The highest BCUT2D eigenvalue weighted by atomic mass is 35.5. The summed E-state index contributed by atoms with van der Waals surface area (Å²) in [6.45, 7) is 0.987. The average Bonchev–Trinajstić information content (AvgIpc) is 2.47. The van der Waals surface area contributed by atoms with E-state index in [2.05, 4.69) is 31.1 Å². The lowest BCUT2D eigenvalue weighted by Crippen LogP contribution is -2.12. The minimum absolute atomic E-state index is 0.295. The fourth-order valence-corrected chi connectivity index (χ4v) is 3.81. The summed E-state index contributed by atoms with van der Waals surface area (Å²) in [5.74, 6) is 0.295. The van der Waals surface area contributed by atoms with Gasteiger partial charge in [0.1, 0.15) is 5.75 Å². The second-order valence-corrected chi connectivity index (χ2v) is 7.15. The molecule has 0 saturated heterocycles. The Morgan fingerprint density at radius 3 is 2.50 bits per heavy atom. The maximum Gasteiger partial charge on any atom is 0.116 e. The van der Waals surface area contributed by atoms with Crippen LogP contribution in [-0.2, 0) is 0 Å². The molecule has 0 aromatic heterocycles. The standard InChI is InChI=1S/C18H18ClNOS/c1-20(2)9-3-4-14-15-10-12(19)5-7-17(15)22-18-8-6-13(21)11-16(14)18/h4-8,10-11,21H,3,9H2,1-2H3/b14-4+. The van der Waals surface area contributed by atoms with E-state index in [1.54, 1.807) is 17.8 Å². The van der Waals surface area contributed by atoms with Gasteiger partial charge in [-0.15, -0.1) is 0 Å². The maximum absolute atomic E-state index is 9.85. The van der Waals surface area contributed by atoms with Gasteiger partial charge in [0.25, 0.3) is 0 Å². The second kappa shape index (κ2) is 6.37. The summed E-state index contributed by atoms with van der Waals surface area (Å²) in [5.41, 5.74) is 3.39. The van der Waals surface area contributed by atoms with Crippen LogP contribution in [0, 0.1) is 0 Å². The molecule has 1 aliphatic heterocycles. The first-order valence-corrected chi connectivity index (χ1v) is 8.40. The number of halogens is 1. The Bertz CT molecular complexity index is 686. The molecular weight excluding hydrogens is 314 g/mol. The van der Waals surface area contributed by atoms with Crippen LogP contribution in [0.25, 0.3) is 5.57 Å². The van der Waals surface area contributed by atoms with Gasteiger partial charge in [-0.05, 0) is 73.6 Å². The minimum atomic E-state index is 0.295. The quantitative estimate of drug-likeness (QED) is 0.739. The zero-order valence-electron chi connectivity index (χ0n) is 12.6. The highest BCUT2D eigenvalue weighted by Gasteiger charge is 2.21. The first-order chi connectivity index (χ1) is 10.5. The third kappa shape index (κ3) is 3.17. The summed E-state index contributed by atoms with van der Waals surface area (Å²) < 4.78 is 0. The van der Waals surface area contributed by atoms with E-state index in [4.69, 9.17) is 11.6 Å². The van der Waals surface area contributed by atoms with Crippen LogP contribution in [0.1, 0.15) is 17.5 Å². The van der Waals surface area contributed by atoms with Gasteiger partial charge in [-0.1, -0.05) is 29.4 Å². The molecule has 22 heavy (non-hydrogen) atoms. The highest BCUT2D eigenvalue weighted by Crippen LogP contribution is 2.47. The fraction of sp³-hybridized carbons (Fsp3) is 0.222. The highest BCUT2D eigenvalue weighted by molar-refractivity contribution is 7.99. The number of benzene rings is 2. The molecule has 0 radical (unpaired) electrons. The van der Waals surface area contributed by atoms with E-state index in [9.17, 15) is 5.11 Å². The smallest absolute Gasteiger partial charge is 0.116 e. The van der Waals surface area contributed by atoms with Crippen molar-refractivity contribution in [2.45, 2.75) is 16.2 Å². The summed E-state index contributed by atoms with van der Waals surface area (Å²) in [6.07, 6.45) is 3.20. The Balaban J connectivity index is 2.09. The average molecular weight is 332 g/mol. The van der Waals surface area contributed by atoms with E-state index in [0.717, 1.165) is 34.7 Å². The van der Waals surface area contributed by atoms with Crippen LogP contribution in [0.2, 0.25) is 5.02 Å². The van der Waals surface area contributed by atoms with E-state index in [-0.39, 0.29) is 0 Å². The van der Waals surface area contributed by atoms with Crippen LogP contribution in [0.15, 0.2) is 52.3 Å². The number of phenols is 1. The van der Waals surface area contributed by atoms with Crippen molar-refractivity contribution < 1.29 is 5.11 Å². The summed E-state index contributed by atoms with van der Waals surface area (Å²) in [5, 5.41) is 10.6. The van der Waals surface area contributed by atoms with Crippen LogP contribution in [-0.4, -0.2) is 30.6 Å². The van der Waals surface area contributed by atoms with E-state index in [1.165, 1.54) is 9.79 Å². The lowest BCUT2D eigenvalue weighted by Gasteiger charge is -2.23. The molecule has 2 nitrogen and oxygen atoms in total. The molecule has 0 atom stereocenters. The maximum atomic E-state index is 9.85. The van der Waals surface area contributed by atoms with Crippen LogP contribution < -0.4 is 0 Å². The van der Waals surface area contributed by atoms with Crippen LogP contribution >= 0.6 is 23.4 Å². The SMILES string of the molecule is CN(C)CC/C=C1/c2cc(O)ccc2Sc2ccc(Cl)cc21. The third-order valence-electron chi connectivity index (χ3n) is 3.63. The summed E-state index contributed by atoms with van der Waals surface area (Å²) in [4.78, 5) is 4.54. The van der Waals surface area contributed by atoms with Gasteiger partial charge < -0.3 is 10.0 Å². The van der Waals surface area contributed by atoms with Crippen LogP contribution in [0.4, 0.5) is 0 Å². The zero-order chi connectivity index (χ0) is 15.7. The minimum Gasteiger partial charge on any atom is -0.508 e. The van der Waals surface area contributed by atoms with Crippen molar-refractivity contribution in [3.8, 4) is 5.75 Å². The molecule has 0 spiro atoms. The van der Waals surface area contributed by atoms with Gasteiger partial charge in [0, 0.05) is 21.4 Å². The lowest BCUT2D eigenvalue weighted by molar-refractivity contribution is 0.417. The van der Waals surface area contributed by atoms with E-state index >= 15 is 0 Å². The molecule has 1 N–H and O–H groups in total.